The summed E-state index contributed by atoms with van der Waals surface area (Å²) in [5.74, 6) is -0.273. The number of aromatic nitrogens is 1. The number of H-pyrrole nitrogens is 1. The van der Waals surface area contributed by atoms with Gasteiger partial charge in [0.05, 0.1) is 37.0 Å². The molecule has 2 aliphatic carbocycles. The second-order valence-electron chi connectivity index (χ2n) is 15.9. The maximum atomic E-state index is 13.6. The molecule has 2 aromatic carbocycles. The van der Waals surface area contributed by atoms with Gasteiger partial charge in [-0.15, -0.1) is 0 Å². The van der Waals surface area contributed by atoms with Gasteiger partial charge in [-0.2, -0.15) is 0 Å². The highest BCUT2D eigenvalue weighted by Crippen LogP contribution is 2.58. The molecule has 1 aromatic heterocycles. The number of Topliss-reactive ketones (excluding diaryl/α,β-unsaturated/α-hetero) is 1. The standard InChI is InChI=1S/C44H52N2O10/c1-4-54-43(50)42-31(23-47)37(27-9-11-35(49)29(20-27)25-8-10-34-26(19-25)12-15-45-34)38-40(53-3)30-21-36(55-39(30)32(24-48)41(38)56-42)44(51)14-5-7-28-22-46(16-6-18-52-2)17-13-33(28)44/h8,10,12,15,19,23,28-29,33,36,45,48,51H,4-7,9,11,13-14,16-18,20-22,24H2,1-3H3/b37-27-/t28-,29+,33-,36-,44+/m0/s1. The Morgan fingerprint density at radius 2 is 2.00 bits per heavy atom. The molecule has 0 amide bonds. The molecule has 56 heavy (non-hydrogen) atoms. The topological polar surface area (TPSA) is 157 Å². The first-order valence-electron chi connectivity index (χ1n) is 20.1. The summed E-state index contributed by atoms with van der Waals surface area (Å²) in [5.41, 5.74) is 3.34. The Labute approximate surface area is 326 Å². The summed E-state index contributed by atoms with van der Waals surface area (Å²) in [6.45, 7) is 4.70. The number of piperidine rings is 1. The van der Waals surface area contributed by atoms with Crippen LogP contribution in [0.25, 0.3) is 16.5 Å². The summed E-state index contributed by atoms with van der Waals surface area (Å²) in [4.78, 5) is 46.0. The van der Waals surface area contributed by atoms with Gasteiger partial charge in [0, 0.05) is 68.4 Å². The fourth-order valence-corrected chi connectivity index (χ4v) is 10.4. The Morgan fingerprint density at radius 3 is 2.77 bits per heavy atom. The Hall–Kier alpha value is -4.49. The maximum Gasteiger partial charge on any atom is 0.375 e. The van der Waals surface area contributed by atoms with E-state index in [0.29, 0.717) is 71.6 Å². The van der Waals surface area contributed by atoms with Crippen molar-refractivity contribution in [3.63, 3.8) is 0 Å². The molecule has 298 valence electrons. The number of ether oxygens (including phenoxy) is 5. The average Bonchev–Trinajstić information content (AvgIpc) is 3.88. The van der Waals surface area contributed by atoms with Crippen molar-refractivity contribution >= 4 is 34.5 Å². The van der Waals surface area contributed by atoms with Gasteiger partial charge in [0.15, 0.2) is 6.29 Å². The van der Waals surface area contributed by atoms with E-state index in [1.54, 1.807) is 21.1 Å². The van der Waals surface area contributed by atoms with E-state index in [0.717, 1.165) is 74.0 Å². The quantitative estimate of drug-likeness (QED) is 0.128. The predicted octanol–water partition coefficient (Wildman–Crippen LogP) is 5.56. The minimum Gasteiger partial charge on any atom is -0.496 e. The van der Waals surface area contributed by atoms with E-state index in [4.69, 9.17) is 23.7 Å². The largest absolute Gasteiger partial charge is 0.496 e. The molecule has 1 saturated heterocycles. The number of aliphatic hydroxyl groups is 2. The van der Waals surface area contributed by atoms with Crippen molar-refractivity contribution in [1.82, 2.24) is 9.88 Å². The number of nitrogens with one attached hydrogen (secondary N) is 1. The van der Waals surface area contributed by atoms with E-state index >= 15 is 0 Å². The zero-order valence-corrected chi connectivity index (χ0v) is 32.5. The van der Waals surface area contributed by atoms with E-state index in [-0.39, 0.29) is 41.8 Å². The number of aromatic amines is 1. The number of hydrogen-bond acceptors (Lipinski definition) is 11. The smallest absolute Gasteiger partial charge is 0.375 e. The normalized spacial score (nSPS) is 27.6. The SMILES string of the molecule is CCOC(=O)C1=C(C=O)/C(=C2\CCC(=O)[C@@H](c3ccc4[nH]ccc4c3)C2)c2c(OC)c3c(c(CO)c2O1)O[C@H]([C@@]1(O)CCC[C@H]2CN(CCCOC)CC[C@@H]21)C3. The molecule has 12 heteroatoms. The zero-order chi connectivity index (χ0) is 39.1. The van der Waals surface area contributed by atoms with Crippen LogP contribution in [0.15, 0.2) is 47.4 Å². The second-order valence-corrected chi connectivity index (χ2v) is 15.9. The fourth-order valence-electron chi connectivity index (χ4n) is 10.4. The number of rotatable bonds is 11. The maximum absolute atomic E-state index is 13.6. The third kappa shape index (κ3) is 6.54. The Morgan fingerprint density at radius 1 is 1.14 bits per heavy atom. The molecule has 12 nitrogen and oxygen atoms in total. The number of hydrogen-bond donors (Lipinski definition) is 3. The van der Waals surface area contributed by atoms with Crippen LogP contribution < -0.4 is 14.2 Å². The van der Waals surface area contributed by atoms with Gasteiger partial charge >= 0.3 is 5.97 Å². The number of benzene rings is 2. The summed E-state index contributed by atoms with van der Waals surface area (Å²) in [6, 6.07) is 7.90. The van der Waals surface area contributed by atoms with Crippen molar-refractivity contribution in [3.05, 3.63) is 69.6 Å². The number of nitrogens with zero attached hydrogens (tertiary/aromatic N) is 1. The van der Waals surface area contributed by atoms with Gasteiger partial charge in [0.2, 0.25) is 5.76 Å². The minimum absolute atomic E-state index is 0.00347. The number of ketones is 1. The Kier molecular flexibility index (Phi) is 10.8. The summed E-state index contributed by atoms with van der Waals surface area (Å²) in [7, 11) is 3.26. The number of likely N-dealkylation sites (tertiary alicyclic amines) is 1. The molecular weight excluding hydrogens is 716 g/mol. The summed E-state index contributed by atoms with van der Waals surface area (Å²) in [5, 5.41) is 24.8. The number of carbonyl (C=O) groups excluding carboxylic acids is 3. The Bertz CT molecular complexity index is 2100. The highest BCUT2D eigenvalue weighted by molar-refractivity contribution is 6.11. The summed E-state index contributed by atoms with van der Waals surface area (Å²) in [6.07, 6.45) is 7.35. The zero-order valence-electron chi connectivity index (χ0n) is 32.5. The third-order valence-corrected chi connectivity index (χ3v) is 12.9. The van der Waals surface area contributed by atoms with Crippen LogP contribution in [0.4, 0.5) is 0 Å². The van der Waals surface area contributed by atoms with Crippen LogP contribution in [0.2, 0.25) is 0 Å². The van der Waals surface area contributed by atoms with Crippen LogP contribution >= 0.6 is 0 Å². The van der Waals surface area contributed by atoms with Crippen LogP contribution in [-0.2, 0) is 36.9 Å². The number of carbonyl (C=O) groups is 3. The van der Waals surface area contributed by atoms with E-state index < -0.39 is 30.2 Å². The van der Waals surface area contributed by atoms with Crippen LogP contribution in [0.3, 0.4) is 0 Å². The van der Waals surface area contributed by atoms with E-state index in [2.05, 4.69) is 9.88 Å². The highest BCUT2D eigenvalue weighted by Gasteiger charge is 2.55. The van der Waals surface area contributed by atoms with Crippen LogP contribution in [0, 0.1) is 11.8 Å². The summed E-state index contributed by atoms with van der Waals surface area (Å²) >= 11 is 0. The molecule has 3 fully saturated rings. The highest BCUT2D eigenvalue weighted by atomic mass is 16.6. The third-order valence-electron chi connectivity index (χ3n) is 12.9. The van der Waals surface area contributed by atoms with E-state index in [9.17, 15) is 24.6 Å². The molecule has 0 spiro atoms. The molecule has 3 N–H and O–H groups in total. The number of aliphatic hydroxyl groups excluding tert-OH is 1. The van der Waals surface area contributed by atoms with Crippen molar-refractivity contribution < 1.29 is 48.3 Å². The fraction of sp³-hybridized carbons (Fsp3) is 0.523. The van der Waals surface area contributed by atoms with Crippen molar-refractivity contribution in [2.45, 2.75) is 88.9 Å². The minimum atomic E-state index is -1.12. The van der Waals surface area contributed by atoms with E-state index in [1.165, 1.54) is 0 Å². The van der Waals surface area contributed by atoms with Gasteiger partial charge in [-0.05, 0) is 93.0 Å². The van der Waals surface area contributed by atoms with Gasteiger partial charge in [0.1, 0.15) is 34.7 Å². The summed E-state index contributed by atoms with van der Waals surface area (Å²) < 4.78 is 30.0. The number of methoxy groups -OCH3 is 2. The lowest BCUT2D eigenvalue weighted by Gasteiger charge is -2.51. The molecule has 8 rings (SSSR count). The molecule has 5 aliphatic rings. The molecule has 2 saturated carbocycles. The van der Waals surface area contributed by atoms with Crippen molar-refractivity contribution in [2.24, 2.45) is 11.8 Å². The van der Waals surface area contributed by atoms with Crippen molar-refractivity contribution in [3.8, 4) is 17.2 Å². The van der Waals surface area contributed by atoms with Gasteiger partial charge in [-0.25, -0.2) is 4.79 Å². The first-order valence-corrected chi connectivity index (χ1v) is 20.1. The van der Waals surface area contributed by atoms with Gasteiger partial charge in [-0.3, -0.25) is 9.59 Å². The predicted molar refractivity (Wildman–Crippen MR) is 208 cm³/mol. The number of allylic oxidation sites excluding steroid dienone is 3. The average molecular weight is 769 g/mol. The lowest BCUT2D eigenvalue weighted by atomic mass is 9.63. The molecule has 0 unspecified atom stereocenters. The second kappa shape index (κ2) is 15.8. The molecule has 4 heterocycles. The monoisotopic (exact) mass is 768 g/mol. The molecule has 0 radical (unpaired) electrons. The number of fused-ring (bicyclic) bond motifs is 4. The lowest BCUT2D eigenvalue weighted by Crippen LogP contribution is -2.59. The number of esters is 1. The van der Waals surface area contributed by atoms with Crippen LogP contribution in [-0.4, -0.2) is 96.9 Å². The molecule has 0 bridgehead atoms. The molecule has 3 aliphatic heterocycles. The molecule has 3 aromatic rings. The Balaban J connectivity index is 1.22. The van der Waals surface area contributed by atoms with E-state index in [1.807, 2.05) is 30.5 Å². The number of aldehydes is 1. The van der Waals surface area contributed by atoms with Crippen molar-refractivity contribution in [1.29, 1.82) is 0 Å². The van der Waals surface area contributed by atoms with Crippen molar-refractivity contribution in [2.75, 3.05) is 47.1 Å². The lowest BCUT2D eigenvalue weighted by molar-refractivity contribution is -0.151. The molecule has 5 atom stereocenters. The van der Waals surface area contributed by atoms with Crippen LogP contribution in [0.1, 0.15) is 86.5 Å². The molecular formula is C44H52N2O10. The van der Waals surface area contributed by atoms with Gasteiger partial charge in [-0.1, -0.05) is 18.1 Å². The van der Waals surface area contributed by atoms with Gasteiger partial charge < -0.3 is 43.8 Å². The first kappa shape index (κ1) is 38.4. The van der Waals surface area contributed by atoms with Crippen LogP contribution in [0.5, 0.6) is 17.2 Å². The van der Waals surface area contributed by atoms with Gasteiger partial charge in [0.25, 0.3) is 0 Å². The first-order chi connectivity index (χ1) is 27.2.